The van der Waals surface area contributed by atoms with E-state index in [0.29, 0.717) is 0 Å². The highest BCUT2D eigenvalue weighted by Crippen LogP contribution is 2.30. The maximum absolute atomic E-state index is 13.0. The molecule has 0 radical (unpaired) electrons. The summed E-state index contributed by atoms with van der Waals surface area (Å²) in [7, 11) is 0. The molecule has 0 aromatic heterocycles. The smallest absolute Gasteiger partial charge is 0.249 e. The number of carbonyl (C=O) groups is 2. The average molecular weight is 363 g/mol. The summed E-state index contributed by atoms with van der Waals surface area (Å²) < 4.78 is 0. The third-order valence-corrected chi connectivity index (χ3v) is 5.23. The maximum Gasteiger partial charge on any atom is 0.249 e. The van der Waals surface area contributed by atoms with Gasteiger partial charge in [-0.2, -0.15) is 0 Å². The number of benzene rings is 2. The molecule has 2 aromatic carbocycles. The van der Waals surface area contributed by atoms with Gasteiger partial charge < -0.3 is 15.5 Å². The second-order valence-electron chi connectivity index (χ2n) is 7.43. The van der Waals surface area contributed by atoms with Crippen LogP contribution in [0.25, 0.3) is 0 Å². The van der Waals surface area contributed by atoms with Crippen LogP contribution in [0.3, 0.4) is 0 Å². The predicted molar refractivity (Wildman–Crippen MR) is 108 cm³/mol. The van der Waals surface area contributed by atoms with E-state index >= 15 is 0 Å². The van der Waals surface area contributed by atoms with Crippen molar-refractivity contribution in [3.05, 3.63) is 54.1 Å². The highest BCUT2D eigenvalue weighted by Gasteiger charge is 2.29. The number of anilines is 3. The van der Waals surface area contributed by atoms with E-state index in [1.807, 2.05) is 54.3 Å². The van der Waals surface area contributed by atoms with Crippen molar-refractivity contribution in [1.82, 2.24) is 0 Å². The van der Waals surface area contributed by atoms with Crippen molar-refractivity contribution < 1.29 is 9.59 Å². The number of rotatable bonds is 5. The third-order valence-electron chi connectivity index (χ3n) is 5.23. The zero-order valence-corrected chi connectivity index (χ0v) is 15.6. The van der Waals surface area contributed by atoms with Gasteiger partial charge in [-0.3, -0.25) is 9.59 Å². The summed E-state index contributed by atoms with van der Waals surface area (Å²) in [6.07, 6.45) is 4.00. The van der Waals surface area contributed by atoms with Gasteiger partial charge in [0, 0.05) is 29.5 Å². The molecule has 0 spiro atoms. The summed E-state index contributed by atoms with van der Waals surface area (Å²) in [6.45, 7) is 2.65. The lowest BCUT2D eigenvalue weighted by molar-refractivity contribution is -0.119. The van der Waals surface area contributed by atoms with Gasteiger partial charge in [0.2, 0.25) is 11.8 Å². The first-order valence-corrected chi connectivity index (χ1v) is 9.68. The van der Waals surface area contributed by atoms with Crippen molar-refractivity contribution in [3.8, 4) is 0 Å². The Morgan fingerprint density at radius 3 is 2.48 bits per heavy atom. The van der Waals surface area contributed by atoms with E-state index in [1.165, 1.54) is 5.56 Å². The van der Waals surface area contributed by atoms with Gasteiger partial charge in [-0.1, -0.05) is 18.2 Å². The summed E-state index contributed by atoms with van der Waals surface area (Å²) in [5.41, 5.74) is 3.92. The Labute approximate surface area is 159 Å². The van der Waals surface area contributed by atoms with Gasteiger partial charge in [0.1, 0.15) is 6.04 Å². The largest absolute Gasteiger partial charge is 0.374 e. The van der Waals surface area contributed by atoms with Gasteiger partial charge >= 0.3 is 0 Å². The number of amides is 2. The number of nitrogens with one attached hydrogen (secondary N) is 2. The molecule has 1 atom stereocenters. The monoisotopic (exact) mass is 363 g/mol. The van der Waals surface area contributed by atoms with E-state index in [1.54, 1.807) is 0 Å². The summed E-state index contributed by atoms with van der Waals surface area (Å²) in [5, 5.41) is 6.21. The molecule has 5 heteroatoms. The molecule has 1 saturated carbocycles. The van der Waals surface area contributed by atoms with Gasteiger partial charge in [0.25, 0.3) is 0 Å². The molecule has 5 nitrogen and oxygen atoms in total. The molecule has 2 aliphatic rings. The molecule has 1 heterocycles. The quantitative estimate of drug-likeness (QED) is 0.849. The predicted octanol–water partition coefficient (Wildman–Crippen LogP) is 3.81. The first-order valence-electron chi connectivity index (χ1n) is 9.68. The lowest BCUT2D eigenvalue weighted by Gasteiger charge is -2.32. The number of nitrogens with zero attached hydrogens (tertiary/aromatic N) is 1. The standard InChI is InChI=1S/C22H25N3O2/c1-15(22(27)25-14-4-6-16-5-2-3-7-20(16)25)23-18-10-12-19(13-11-18)24-21(26)17-8-9-17/h2-3,5,7,10-13,15,17,23H,4,6,8-9,14H2,1H3,(H,24,26). The molecule has 0 bridgehead atoms. The molecule has 1 aliphatic carbocycles. The van der Waals surface area contributed by atoms with E-state index in [2.05, 4.69) is 16.7 Å². The lowest BCUT2D eigenvalue weighted by Crippen LogP contribution is -2.44. The zero-order valence-electron chi connectivity index (χ0n) is 15.6. The minimum atomic E-state index is -0.330. The molecular formula is C22H25N3O2. The number of carbonyl (C=O) groups excluding carboxylic acids is 2. The van der Waals surface area contributed by atoms with E-state index in [0.717, 1.165) is 49.3 Å². The van der Waals surface area contributed by atoms with Crippen molar-refractivity contribution in [2.75, 3.05) is 22.1 Å². The van der Waals surface area contributed by atoms with Crippen LogP contribution in [0.15, 0.2) is 48.5 Å². The first kappa shape index (κ1) is 17.6. The Hall–Kier alpha value is -2.82. The number of aryl methyl sites for hydroxylation is 1. The topological polar surface area (TPSA) is 61.4 Å². The molecule has 2 N–H and O–H groups in total. The van der Waals surface area contributed by atoms with Crippen molar-refractivity contribution in [2.24, 2.45) is 5.92 Å². The fourth-order valence-electron chi connectivity index (χ4n) is 3.55. The van der Waals surface area contributed by atoms with Crippen LogP contribution in [-0.2, 0) is 16.0 Å². The van der Waals surface area contributed by atoms with Gasteiger partial charge in [0.05, 0.1) is 0 Å². The molecule has 2 amide bonds. The zero-order chi connectivity index (χ0) is 18.8. The second-order valence-corrected chi connectivity index (χ2v) is 7.43. The van der Waals surface area contributed by atoms with Crippen LogP contribution in [0.2, 0.25) is 0 Å². The van der Waals surface area contributed by atoms with E-state index < -0.39 is 0 Å². The lowest BCUT2D eigenvalue weighted by atomic mass is 10.0. The van der Waals surface area contributed by atoms with Gasteiger partial charge in [-0.15, -0.1) is 0 Å². The summed E-state index contributed by atoms with van der Waals surface area (Å²) in [5.74, 6) is 0.365. The Balaban J connectivity index is 1.39. The van der Waals surface area contributed by atoms with Gasteiger partial charge in [0.15, 0.2) is 0 Å². The van der Waals surface area contributed by atoms with Crippen LogP contribution in [-0.4, -0.2) is 24.4 Å². The number of hydrogen-bond donors (Lipinski definition) is 2. The van der Waals surface area contributed by atoms with Crippen LogP contribution in [0.4, 0.5) is 17.1 Å². The fourth-order valence-corrected chi connectivity index (χ4v) is 3.55. The Morgan fingerprint density at radius 1 is 1.04 bits per heavy atom. The molecule has 4 rings (SSSR count). The van der Waals surface area contributed by atoms with E-state index in [-0.39, 0.29) is 23.8 Å². The number of para-hydroxylation sites is 1. The maximum atomic E-state index is 13.0. The normalized spacial score (nSPS) is 17.0. The molecule has 1 aliphatic heterocycles. The number of hydrogen-bond acceptors (Lipinski definition) is 3. The van der Waals surface area contributed by atoms with Gasteiger partial charge in [-0.05, 0) is 68.5 Å². The Morgan fingerprint density at radius 2 is 1.74 bits per heavy atom. The molecule has 2 aromatic rings. The SMILES string of the molecule is CC(Nc1ccc(NC(=O)C2CC2)cc1)C(=O)N1CCCc2ccccc21. The number of fused-ring (bicyclic) bond motifs is 1. The Kier molecular flexibility index (Phi) is 4.84. The first-order chi connectivity index (χ1) is 13.1. The summed E-state index contributed by atoms with van der Waals surface area (Å²) in [4.78, 5) is 26.7. The van der Waals surface area contributed by atoms with Crippen LogP contribution in [0.1, 0.15) is 31.7 Å². The fraction of sp³-hybridized carbons (Fsp3) is 0.364. The van der Waals surface area contributed by atoms with Crippen LogP contribution >= 0.6 is 0 Å². The van der Waals surface area contributed by atoms with Gasteiger partial charge in [-0.25, -0.2) is 0 Å². The van der Waals surface area contributed by atoms with Crippen molar-refractivity contribution in [3.63, 3.8) is 0 Å². The summed E-state index contributed by atoms with van der Waals surface area (Å²) in [6, 6.07) is 15.3. The van der Waals surface area contributed by atoms with E-state index in [4.69, 9.17) is 0 Å². The second kappa shape index (κ2) is 7.43. The summed E-state index contributed by atoms with van der Waals surface area (Å²) >= 11 is 0. The highest BCUT2D eigenvalue weighted by molar-refractivity contribution is 5.99. The molecular weight excluding hydrogens is 338 g/mol. The average Bonchev–Trinajstić information content (AvgIpc) is 3.54. The molecule has 1 unspecified atom stereocenters. The molecule has 0 saturated heterocycles. The highest BCUT2D eigenvalue weighted by atomic mass is 16.2. The molecule has 27 heavy (non-hydrogen) atoms. The molecule has 1 fully saturated rings. The Bertz CT molecular complexity index is 843. The minimum Gasteiger partial charge on any atom is -0.374 e. The van der Waals surface area contributed by atoms with Crippen LogP contribution < -0.4 is 15.5 Å². The van der Waals surface area contributed by atoms with Crippen molar-refractivity contribution in [1.29, 1.82) is 0 Å². The van der Waals surface area contributed by atoms with Crippen molar-refractivity contribution in [2.45, 2.75) is 38.6 Å². The van der Waals surface area contributed by atoms with Crippen LogP contribution in [0.5, 0.6) is 0 Å². The van der Waals surface area contributed by atoms with Crippen LogP contribution in [0, 0.1) is 5.92 Å². The van der Waals surface area contributed by atoms with E-state index in [9.17, 15) is 9.59 Å². The van der Waals surface area contributed by atoms with Crippen molar-refractivity contribution >= 4 is 28.9 Å². The molecule has 140 valence electrons. The third kappa shape index (κ3) is 3.97. The minimum absolute atomic E-state index is 0.0771.